The van der Waals surface area contributed by atoms with Gasteiger partial charge in [0.15, 0.2) is 0 Å². The highest BCUT2D eigenvalue weighted by Gasteiger charge is 2.28. The Hall–Kier alpha value is -4.61. The lowest BCUT2D eigenvalue weighted by atomic mass is 10.0. The van der Waals surface area contributed by atoms with Crippen molar-refractivity contribution in [2.75, 3.05) is 43.6 Å². The van der Waals surface area contributed by atoms with E-state index in [1.165, 1.54) is 0 Å². The number of carbonyl (C=O) groups is 1. The van der Waals surface area contributed by atoms with Crippen LogP contribution in [0.4, 0.5) is 11.4 Å². The van der Waals surface area contributed by atoms with E-state index in [2.05, 4.69) is 26.5 Å². The van der Waals surface area contributed by atoms with Gasteiger partial charge in [0.1, 0.15) is 5.75 Å². The first-order valence-electron chi connectivity index (χ1n) is 12.2. The molecule has 3 aromatic carbocycles. The molecular weight excluding hydrogens is 466 g/mol. The zero-order chi connectivity index (χ0) is 25.4. The normalized spacial score (nSPS) is 14.0. The molecule has 0 bridgehead atoms. The summed E-state index contributed by atoms with van der Waals surface area (Å²) >= 11 is 0. The van der Waals surface area contributed by atoms with Gasteiger partial charge in [0, 0.05) is 47.6 Å². The number of anilines is 2. The SMILES string of the molecule is COc1cc2c(cc1C(=O)Nc1ccc(N3CCOCC3)cc1)Cc1c(-c3ccc(C#N)cc3)n[nH]c1-2. The molecule has 1 amide bonds. The van der Waals surface area contributed by atoms with E-state index in [1.54, 1.807) is 19.2 Å². The van der Waals surface area contributed by atoms with E-state index in [-0.39, 0.29) is 5.91 Å². The summed E-state index contributed by atoms with van der Waals surface area (Å²) < 4.78 is 11.0. The molecule has 0 spiro atoms. The maximum atomic E-state index is 13.3. The van der Waals surface area contributed by atoms with E-state index in [0.717, 1.165) is 71.3 Å². The third kappa shape index (κ3) is 4.20. The summed E-state index contributed by atoms with van der Waals surface area (Å²) in [5.41, 5.74) is 8.73. The van der Waals surface area contributed by atoms with Gasteiger partial charge in [-0.2, -0.15) is 10.4 Å². The van der Waals surface area contributed by atoms with Gasteiger partial charge in [-0.25, -0.2) is 0 Å². The Morgan fingerprint density at radius 2 is 1.86 bits per heavy atom. The standard InChI is InChI=1S/C29H25N5O3/c1-36-26-16-23-20(15-25-27(32-33-28(23)25)19-4-2-18(17-30)3-5-19)14-24(26)29(35)31-21-6-8-22(9-7-21)34-10-12-37-13-11-34/h2-9,14,16H,10-13,15H2,1H3,(H,31,35)(H,32,33). The minimum Gasteiger partial charge on any atom is -0.496 e. The number of hydrogen-bond acceptors (Lipinski definition) is 6. The van der Waals surface area contributed by atoms with E-state index < -0.39 is 0 Å². The predicted octanol–water partition coefficient (Wildman–Crippen LogP) is 4.62. The van der Waals surface area contributed by atoms with Crippen molar-refractivity contribution >= 4 is 17.3 Å². The second-order valence-corrected chi connectivity index (χ2v) is 9.10. The number of nitrogens with zero attached hydrogens (tertiary/aromatic N) is 3. The van der Waals surface area contributed by atoms with Crippen LogP contribution in [0.15, 0.2) is 60.7 Å². The molecule has 8 heteroatoms. The first kappa shape index (κ1) is 22.8. The Balaban J connectivity index is 1.24. The molecule has 1 aliphatic carbocycles. The van der Waals surface area contributed by atoms with Crippen LogP contribution in [-0.2, 0) is 11.2 Å². The molecule has 4 aromatic rings. The van der Waals surface area contributed by atoms with Crippen molar-refractivity contribution in [1.82, 2.24) is 10.2 Å². The minimum absolute atomic E-state index is 0.222. The van der Waals surface area contributed by atoms with E-state index in [9.17, 15) is 4.79 Å². The Bertz CT molecular complexity index is 1510. The van der Waals surface area contributed by atoms with Crippen LogP contribution >= 0.6 is 0 Å². The number of aromatic nitrogens is 2. The lowest BCUT2D eigenvalue weighted by molar-refractivity contribution is 0.102. The summed E-state index contributed by atoms with van der Waals surface area (Å²) in [6.07, 6.45) is 0.648. The van der Waals surface area contributed by atoms with Gasteiger partial charge in [-0.05, 0) is 54.1 Å². The molecule has 6 rings (SSSR count). The van der Waals surface area contributed by atoms with Crippen molar-refractivity contribution in [2.45, 2.75) is 6.42 Å². The maximum absolute atomic E-state index is 13.3. The number of aromatic amines is 1. The highest BCUT2D eigenvalue weighted by molar-refractivity contribution is 6.07. The van der Waals surface area contributed by atoms with Crippen LogP contribution in [0, 0.1) is 11.3 Å². The van der Waals surface area contributed by atoms with Gasteiger partial charge in [-0.15, -0.1) is 0 Å². The molecule has 184 valence electrons. The molecule has 1 aliphatic heterocycles. The van der Waals surface area contributed by atoms with Crippen LogP contribution in [0.2, 0.25) is 0 Å². The van der Waals surface area contributed by atoms with Gasteiger partial charge in [0.2, 0.25) is 0 Å². The van der Waals surface area contributed by atoms with Gasteiger partial charge >= 0.3 is 0 Å². The molecular formula is C29H25N5O3. The van der Waals surface area contributed by atoms with Crippen molar-refractivity contribution in [3.63, 3.8) is 0 Å². The molecule has 0 unspecified atom stereocenters. The van der Waals surface area contributed by atoms with Crippen molar-refractivity contribution < 1.29 is 14.3 Å². The third-order valence-corrected chi connectivity index (χ3v) is 6.96. The Morgan fingerprint density at radius 1 is 1.11 bits per heavy atom. The fourth-order valence-corrected chi connectivity index (χ4v) is 5.02. The Kier molecular flexibility index (Phi) is 5.83. The Labute approximate surface area is 214 Å². The first-order valence-corrected chi connectivity index (χ1v) is 12.2. The van der Waals surface area contributed by atoms with Crippen LogP contribution in [0.3, 0.4) is 0 Å². The van der Waals surface area contributed by atoms with Crippen molar-refractivity contribution in [1.29, 1.82) is 5.26 Å². The zero-order valence-corrected chi connectivity index (χ0v) is 20.4. The van der Waals surface area contributed by atoms with E-state index >= 15 is 0 Å². The average molecular weight is 492 g/mol. The zero-order valence-electron chi connectivity index (χ0n) is 20.4. The number of fused-ring (bicyclic) bond motifs is 3. The van der Waals surface area contributed by atoms with Crippen LogP contribution in [0.5, 0.6) is 5.75 Å². The predicted molar refractivity (Wildman–Crippen MR) is 141 cm³/mol. The topological polar surface area (TPSA) is 103 Å². The summed E-state index contributed by atoms with van der Waals surface area (Å²) in [6.45, 7) is 3.18. The van der Waals surface area contributed by atoms with Gasteiger partial charge < -0.3 is 19.7 Å². The number of nitriles is 1. The van der Waals surface area contributed by atoms with Gasteiger partial charge in [-0.3, -0.25) is 9.89 Å². The molecule has 37 heavy (non-hydrogen) atoms. The smallest absolute Gasteiger partial charge is 0.259 e. The van der Waals surface area contributed by atoms with Crippen molar-refractivity contribution in [3.8, 4) is 34.3 Å². The van der Waals surface area contributed by atoms with E-state index in [1.807, 2.05) is 48.5 Å². The summed E-state index contributed by atoms with van der Waals surface area (Å²) in [7, 11) is 1.57. The van der Waals surface area contributed by atoms with Crippen molar-refractivity contribution in [3.05, 3.63) is 82.9 Å². The fraction of sp³-hybridized carbons (Fsp3) is 0.207. The van der Waals surface area contributed by atoms with Gasteiger partial charge in [0.05, 0.1) is 48.9 Å². The van der Waals surface area contributed by atoms with Crippen LogP contribution in [0.25, 0.3) is 22.5 Å². The number of benzene rings is 3. The number of ether oxygens (including phenoxy) is 2. The van der Waals surface area contributed by atoms with Crippen LogP contribution < -0.4 is 15.0 Å². The lowest BCUT2D eigenvalue weighted by Crippen LogP contribution is -2.36. The molecule has 2 heterocycles. The second kappa shape index (κ2) is 9.45. The molecule has 1 aromatic heterocycles. The van der Waals surface area contributed by atoms with Gasteiger partial charge in [-0.1, -0.05) is 12.1 Å². The number of morpholine rings is 1. The summed E-state index contributed by atoms with van der Waals surface area (Å²) in [5, 5.41) is 19.8. The second-order valence-electron chi connectivity index (χ2n) is 9.10. The van der Waals surface area contributed by atoms with E-state index in [0.29, 0.717) is 23.3 Å². The molecule has 8 nitrogen and oxygen atoms in total. The number of methoxy groups -OCH3 is 1. The molecule has 1 saturated heterocycles. The highest BCUT2D eigenvalue weighted by atomic mass is 16.5. The maximum Gasteiger partial charge on any atom is 0.259 e. The molecule has 1 fully saturated rings. The average Bonchev–Trinajstić information content (AvgIpc) is 3.52. The van der Waals surface area contributed by atoms with Crippen LogP contribution in [0.1, 0.15) is 27.0 Å². The van der Waals surface area contributed by atoms with Gasteiger partial charge in [0.25, 0.3) is 5.91 Å². The van der Waals surface area contributed by atoms with Crippen molar-refractivity contribution in [2.24, 2.45) is 0 Å². The minimum atomic E-state index is -0.222. The largest absolute Gasteiger partial charge is 0.496 e. The van der Waals surface area contributed by atoms with E-state index in [4.69, 9.17) is 14.7 Å². The third-order valence-electron chi connectivity index (χ3n) is 6.96. The summed E-state index contributed by atoms with van der Waals surface area (Å²) in [5.74, 6) is 0.281. The highest BCUT2D eigenvalue weighted by Crippen LogP contribution is 2.43. The molecule has 2 aliphatic rings. The quantitative estimate of drug-likeness (QED) is 0.372. The number of amides is 1. The summed E-state index contributed by atoms with van der Waals surface area (Å²) in [6, 6.07) is 21.2. The van der Waals surface area contributed by atoms with Crippen LogP contribution in [-0.4, -0.2) is 49.5 Å². The molecule has 2 N–H and O–H groups in total. The summed E-state index contributed by atoms with van der Waals surface area (Å²) in [4.78, 5) is 15.5. The molecule has 0 radical (unpaired) electrons. The molecule has 0 atom stereocenters. The number of carbonyl (C=O) groups excluding carboxylic acids is 1. The monoisotopic (exact) mass is 491 g/mol. The fourth-order valence-electron chi connectivity index (χ4n) is 5.02. The number of H-pyrrole nitrogens is 1. The molecule has 0 saturated carbocycles. The Morgan fingerprint density at radius 3 is 2.57 bits per heavy atom. The lowest BCUT2D eigenvalue weighted by Gasteiger charge is -2.28. The number of nitrogens with one attached hydrogen (secondary N) is 2. The number of hydrogen-bond donors (Lipinski definition) is 2. The first-order chi connectivity index (χ1) is 18.1. The number of rotatable bonds is 5.